The van der Waals surface area contributed by atoms with E-state index in [1.54, 1.807) is 13.3 Å². The van der Waals surface area contributed by atoms with Gasteiger partial charge in [-0.3, -0.25) is 9.69 Å². The summed E-state index contributed by atoms with van der Waals surface area (Å²) in [5.41, 5.74) is 7.40. The largest absolute Gasteiger partial charge is 0.481 e. The molecular formula is C45H43N3O3. The Hall–Kier alpha value is -5.72. The van der Waals surface area contributed by atoms with Crippen molar-refractivity contribution in [1.82, 2.24) is 14.8 Å². The minimum Gasteiger partial charge on any atom is -0.481 e. The predicted molar refractivity (Wildman–Crippen MR) is 204 cm³/mol. The summed E-state index contributed by atoms with van der Waals surface area (Å²) in [5, 5.41) is 0. The number of piperidine rings is 1. The van der Waals surface area contributed by atoms with Gasteiger partial charge in [0.2, 0.25) is 5.88 Å². The zero-order valence-corrected chi connectivity index (χ0v) is 29.0. The highest BCUT2D eigenvalue weighted by atomic mass is 16.5. The van der Waals surface area contributed by atoms with Gasteiger partial charge in [0.25, 0.3) is 5.91 Å². The summed E-state index contributed by atoms with van der Waals surface area (Å²) in [6, 6.07) is 49.0. The highest BCUT2D eigenvalue weighted by molar-refractivity contribution is 5.94. The first-order valence-corrected chi connectivity index (χ1v) is 17.7. The lowest BCUT2D eigenvalue weighted by molar-refractivity contribution is 0.0672. The average molecular weight is 674 g/mol. The van der Waals surface area contributed by atoms with E-state index >= 15 is 0 Å². The highest BCUT2D eigenvalue weighted by Gasteiger charge is 2.25. The quantitative estimate of drug-likeness (QED) is 0.130. The van der Waals surface area contributed by atoms with Crippen LogP contribution in [0.3, 0.4) is 0 Å². The maximum atomic E-state index is 14.2. The molecule has 6 heteroatoms. The molecule has 1 aliphatic rings. The van der Waals surface area contributed by atoms with Crippen LogP contribution in [0.5, 0.6) is 17.4 Å². The van der Waals surface area contributed by atoms with Gasteiger partial charge in [0.05, 0.1) is 7.11 Å². The molecule has 1 aliphatic heterocycles. The van der Waals surface area contributed by atoms with E-state index in [-0.39, 0.29) is 5.91 Å². The molecule has 0 saturated carbocycles. The van der Waals surface area contributed by atoms with E-state index in [9.17, 15) is 4.79 Å². The lowest BCUT2D eigenvalue weighted by atomic mass is 9.95. The van der Waals surface area contributed by atoms with Crippen LogP contribution in [0.15, 0.2) is 152 Å². The number of carbonyl (C=O) groups is 1. The van der Waals surface area contributed by atoms with Crippen LogP contribution in [0.1, 0.15) is 34.3 Å². The van der Waals surface area contributed by atoms with Gasteiger partial charge in [-0.15, -0.1) is 0 Å². The van der Waals surface area contributed by atoms with Crippen LogP contribution in [0.4, 0.5) is 0 Å². The number of hydrogen-bond acceptors (Lipinski definition) is 5. The van der Waals surface area contributed by atoms with Gasteiger partial charge < -0.3 is 14.4 Å². The second-order valence-electron chi connectivity index (χ2n) is 13.2. The number of nitrogens with zero attached hydrogens (tertiary/aromatic N) is 3. The summed E-state index contributed by atoms with van der Waals surface area (Å²) in [6.07, 6.45) is 3.88. The van der Waals surface area contributed by atoms with Crippen molar-refractivity contribution in [2.24, 2.45) is 5.92 Å². The summed E-state index contributed by atoms with van der Waals surface area (Å²) >= 11 is 0. The summed E-state index contributed by atoms with van der Waals surface area (Å²) in [4.78, 5) is 23.1. The topological polar surface area (TPSA) is 54.9 Å². The molecule has 1 aromatic heterocycles. The zero-order chi connectivity index (χ0) is 34.8. The number of aromatic nitrogens is 1. The average Bonchev–Trinajstić information content (AvgIpc) is 3.19. The number of methoxy groups -OCH3 is 1. The molecule has 6 aromatic rings. The Morgan fingerprint density at radius 2 is 1.31 bits per heavy atom. The fourth-order valence-electron chi connectivity index (χ4n) is 6.76. The molecule has 0 aliphatic carbocycles. The number of benzene rings is 5. The standard InChI is InChI=1S/C45H43N3O3/c1-50-44-24-23-41(30-46-44)39-19-21-40(22-20-39)45(49)48(32-34-15-17-38(18-16-34)37-10-4-2-5-11-37)33-35-25-27-47(28-26-35)31-36-9-8-14-43(29-36)51-42-12-6-3-7-13-42/h2-24,29-30,35H,25-28,31-33H2,1H3. The lowest BCUT2D eigenvalue weighted by Crippen LogP contribution is -2.40. The molecule has 2 heterocycles. The normalized spacial score (nSPS) is 13.4. The van der Waals surface area contributed by atoms with E-state index in [4.69, 9.17) is 9.47 Å². The van der Waals surface area contributed by atoms with Crippen LogP contribution in [-0.2, 0) is 13.1 Å². The van der Waals surface area contributed by atoms with Crippen molar-refractivity contribution in [3.63, 3.8) is 0 Å². The van der Waals surface area contributed by atoms with Crippen LogP contribution in [0.25, 0.3) is 22.3 Å². The van der Waals surface area contributed by atoms with Crippen LogP contribution >= 0.6 is 0 Å². The molecule has 0 atom stereocenters. The van der Waals surface area contributed by atoms with E-state index in [1.165, 1.54) is 16.7 Å². The van der Waals surface area contributed by atoms with E-state index in [0.29, 0.717) is 23.9 Å². The number of para-hydroxylation sites is 1. The van der Waals surface area contributed by atoms with E-state index in [0.717, 1.165) is 67.2 Å². The summed E-state index contributed by atoms with van der Waals surface area (Å²) in [5.74, 6) is 2.75. The van der Waals surface area contributed by atoms with Crippen LogP contribution < -0.4 is 9.47 Å². The van der Waals surface area contributed by atoms with Crippen molar-refractivity contribution in [1.29, 1.82) is 0 Å². The van der Waals surface area contributed by atoms with Gasteiger partial charge in [0.15, 0.2) is 0 Å². The Labute approximate surface area is 300 Å². The third kappa shape index (κ3) is 8.91. The Kier molecular flexibility index (Phi) is 10.8. The van der Waals surface area contributed by atoms with E-state index in [2.05, 4.69) is 76.6 Å². The second-order valence-corrected chi connectivity index (χ2v) is 13.2. The maximum absolute atomic E-state index is 14.2. The van der Waals surface area contributed by atoms with Gasteiger partial charge in [0.1, 0.15) is 11.5 Å². The van der Waals surface area contributed by atoms with Crippen molar-refractivity contribution in [3.05, 3.63) is 168 Å². The fraction of sp³-hybridized carbons (Fsp3) is 0.200. The molecule has 1 saturated heterocycles. The summed E-state index contributed by atoms with van der Waals surface area (Å²) in [6.45, 7) is 4.15. The maximum Gasteiger partial charge on any atom is 0.254 e. The smallest absolute Gasteiger partial charge is 0.254 e. The molecule has 1 fully saturated rings. The summed E-state index contributed by atoms with van der Waals surface area (Å²) in [7, 11) is 1.61. The van der Waals surface area contributed by atoms with E-state index in [1.807, 2.05) is 83.8 Å². The van der Waals surface area contributed by atoms with Crippen molar-refractivity contribution >= 4 is 5.91 Å². The minimum atomic E-state index is 0.0548. The third-order valence-electron chi connectivity index (χ3n) is 9.60. The monoisotopic (exact) mass is 673 g/mol. The summed E-state index contributed by atoms with van der Waals surface area (Å²) < 4.78 is 11.3. The lowest BCUT2D eigenvalue weighted by Gasteiger charge is -2.35. The Bertz CT molecular complexity index is 1990. The zero-order valence-electron chi connectivity index (χ0n) is 29.0. The molecule has 6 nitrogen and oxygen atoms in total. The molecule has 1 amide bonds. The number of hydrogen-bond donors (Lipinski definition) is 0. The number of rotatable bonds is 12. The molecule has 0 unspecified atom stereocenters. The first kappa shape index (κ1) is 33.8. The van der Waals surface area contributed by atoms with Crippen molar-refractivity contribution < 1.29 is 14.3 Å². The molecule has 7 rings (SSSR count). The molecule has 0 bridgehead atoms. The Morgan fingerprint density at radius 3 is 2.00 bits per heavy atom. The number of carbonyl (C=O) groups excluding carboxylic acids is 1. The highest BCUT2D eigenvalue weighted by Crippen LogP contribution is 2.27. The first-order valence-electron chi connectivity index (χ1n) is 17.7. The Morgan fingerprint density at radius 1 is 0.686 bits per heavy atom. The van der Waals surface area contributed by atoms with Gasteiger partial charge in [0, 0.05) is 43.0 Å². The van der Waals surface area contributed by atoms with Crippen LogP contribution in [0, 0.1) is 5.92 Å². The van der Waals surface area contributed by atoms with Crippen molar-refractivity contribution in [2.75, 3.05) is 26.7 Å². The number of amides is 1. The molecule has 0 radical (unpaired) electrons. The van der Waals surface area contributed by atoms with Crippen LogP contribution in [-0.4, -0.2) is 47.4 Å². The van der Waals surface area contributed by atoms with Crippen molar-refractivity contribution in [2.45, 2.75) is 25.9 Å². The first-order chi connectivity index (χ1) is 25.1. The third-order valence-corrected chi connectivity index (χ3v) is 9.60. The molecule has 256 valence electrons. The number of pyridine rings is 1. The van der Waals surface area contributed by atoms with Crippen LogP contribution in [0.2, 0.25) is 0 Å². The fourth-order valence-corrected chi connectivity index (χ4v) is 6.76. The predicted octanol–water partition coefficient (Wildman–Crippen LogP) is 9.77. The van der Waals surface area contributed by atoms with Crippen molar-refractivity contribution in [3.8, 4) is 39.6 Å². The molecule has 0 spiro atoms. The molecular weight excluding hydrogens is 631 g/mol. The van der Waals surface area contributed by atoms with Gasteiger partial charge in [-0.2, -0.15) is 0 Å². The molecule has 5 aromatic carbocycles. The number of ether oxygens (including phenoxy) is 2. The van der Waals surface area contributed by atoms with Gasteiger partial charge in [-0.05, 0) is 102 Å². The SMILES string of the molecule is COc1ccc(-c2ccc(C(=O)N(Cc3ccc(-c4ccccc4)cc3)CC3CCN(Cc4cccc(Oc5ccccc5)c4)CC3)cc2)cn1. The second kappa shape index (κ2) is 16.3. The molecule has 51 heavy (non-hydrogen) atoms. The Balaban J connectivity index is 1.02. The molecule has 0 N–H and O–H groups in total. The van der Waals surface area contributed by atoms with Gasteiger partial charge in [-0.1, -0.05) is 97.1 Å². The number of likely N-dealkylation sites (tertiary alicyclic amines) is 1. The minimum absolute atomic E-state index is 0.0548. The van der Waals surface area contributed by atoms with E-state index < -0.39 is 0 Å². The van der Waals surface area contributed by atoms with Gasteiger partial charge in [-0.25, -0.2) is 4.98 Å². The van der Waals surface area contributed by atoms with Gasteiger partial charge >= 0.3 is 0 Å².